The Hall–Kier alpha value is -1.79. The molecule has 5 nitrogen and oxygen atoms in total. The van der Waals surface area contributed by atoms with Gasteiger partial charge < -0.3 is 14.6 Å². The van der Waals surface area contributed by atoms with Crippen LogP contribution in [0.25, 0.3) is 11.4 Å². The summed E-state index contributed by atoms with van der Waals surface area (Å²) in [6.07, 6.45) is 0. The molecule has 1 aliphatic heterocycles. The molecule has 0 amide bonds. The Morgan fingerprint density at radius 2 is 2.24 bits per heavy atom. The Morgan fingerprint density at radius 3 is 3.00 bits per heavy atom. The van der Waals surface area contributed by atoms with Crippen molar-refractivity contribution in [2.75, 3.05) is 19.8 Å². The lowest BCUT2D eigenvalue weighted by molar-refractivity contribution is 0.185. The number of ether oxygens (including phenoxy) is 1. The number of aromatic nitrogens is 2. The molecule has 21 heavy (non-hydrogen) atoms. The number of rotatable bonds is 4. The summed E-state index contributed by atoms with van der Waals surface area (Å²) in [5.41, 5.74) is 1.32. The van der Waals surface area contributed by atoms with Crippen molar-refractivity contribution < 1.29 is 13.7 Å². The van der Waals surface area contributed by atoms with Crippen LogP contribution in [0.15, 0.2) is 22.7 Å². The van der Waals surface area contributed by atoms with Crippen molar-refractivity contribution in [1.82, 2.24) is 15.5 Å². The van der Waals surface area contributed by atoms with Crippen molar-refractivity contribution >= 4 is 0 Å². The first-order valence-electron chi connectivity index (χ1n) is 7.10. The molecule has 0 saturated carbocycles. The molecule has 0 aliphatic carbocycles. The molecule has 1 aromatic carbocycles. The van der Waals surface area contributed by atoms with Gasteiger partial charge in [0.2, 0.25) is 11.7 Å². The largest absolute Gasteiger partial charge is 0.379 e. The summed E-state index contributed by atoms with van der Waals surface area (Å²) in [6.45, 7) is 5.85. The topological polar surface area (TPSA) is 60.2 Å². The molecule has 2 heterocycles. The van der Waals surface area contributed by atoms with E-state index in [1.165, 1.54) is 6.07 Å². The molecule has 112 valence electrons. The van der Waals surface area contributed by atoms with E-state index in [1.54, 1.807) is 19.1 Å². The summed E-state index contributed by atoms with van der Waals surface area (Å²) >= 11 is 0. The van der Waals surface area contributed by atoms with E-state index in [2.05, 4.69) is 22.4 Å². The number of nitrogens with one attached hydrogen (secondary N) is 1. The van der Waals surface area contributed by atoms with Gasteiger partial charge >= 0.3 is 0 Å². The second-order valence-electron chi connectivity index (χ2n) is 5.23. The Bertz CT molecular complexity index is 629. The summed E-state index contributed by atoms with van der Waals surface area (Å²) in [7, 11) is 0. The van der Waals surface area contributed by atoms with Gasteiger partial charge in [0.25, 0.3) is 0 Å². The fourth-order valence-corrected chi connectivity index (χ4v) is 2.55. The van der Waals surface area contributed by atoms with Gasteiger partial charge in [-0.1, -0.05) is 12.1 Å². The number of likely N-dealkylation sites (N-methyl/N-ethyl adjacent to an activating group) is 1. The first-order chi connectivity index (χ1) is 10.2. The zero-order valence-electron chi connectivity index (χ0n) is 12.1. The fourth-order valence-electron chi connectivity index (χ4n) is 2.55. The third-order valence-corrected chi connectivity index (χ3v) is 3.72. The molecule has 0 spiro atoms. The summed E-state index contributed by atoms with van der Waals surface area (Å²) in [5.74, 6) is 0.872. The summed E-state index contributed by atoms with van der Waals surface area (Å²) in [5, 5.41) is 7.36. The molecule has 1 saturated heterocycles. The average Bonchev–Trinajstić information content (AvgIpc) is 3.10. The van der Waals surface area contributed by atoms with Gasteiger partial charge in [0, 0.05) is 11.6 Å². The highest BCUT2D eigenvalue weighted by Gasteiger charge is 2.33. The summed E-state index contributed by atoms with van der Waals surface area (Å²) < 4.78 is 24.2. The van der Waals surface area contributed by atoms with Crippen LogP contribution in [0.4, 0.5) is 4.39 Å². The summed E-state index contributed by atoms with van der Waals surface area (Å²) in [6, 6.07) is 4.99. The second kappa shape index (κ2) is 5.91. The van der Waals surface area contributed by atoms with Crippen molar-refractivity contribution in [3.05, 3.63) is 35.5 Å². The SMILES string of the molecule is CCNC1COCC1c1nc(-c2ccc(F)c(C)c2)no1. The monoisotopic (exact) mass is 291 g/mol. The van der Waals surface area contributed by atoms with Gasteiger partial charge in [0.05, 0.1) is 19.1 Å². The van der Waals surface area contributed by atoms with Gasteiger partial charge in [0.1, 0.15) is 5.82 Å². The Morgan fingerprint density at radius 1 is 1.38 bits per heavy atom. The molecule has 1 fully saturated rings. The van der Waals surface area contributed by atoms with Crippen molar-refractivity contribution in [1.29, 1.82) is 0 Å². The molecular formula is C15H18FN3O2. The average molecular weight is 291 g/mol. The predicted molar refractivity (Wildman–Crippen MR) is 75.5 cm³/mol. The fraction of sp³-hybridized carbons (Fsp3) is 0.467. The van der Waals surface area contributed by atoms with E-state index in [0.717, 1.165) is 12.1 Å². The molecule has 3 rings (SSSR count). The maximum Gasteiger partial charge on any atom is 0.234 e. The van der Waals surface area contributed by atoms with E-state index in [0.29, 0.717) is 30.5 Å². The Balaban J connectivity index is 1.84. The first kappa shape index (κ1) is 14.2. The van der Waals surface area contributed by atoms with Gasteiger partial charge in [0.15, 0.2) is 0 Å². The van der Waals surface area contributed by atoms with Crippen LogP contribution in [0.3, 0.4) is 0 Å². The van der Waals surface area contributed by atoms with Crippen molar-refractivity contribution in [2.24, 2.45) is 0 Å². The normalized spacial score (nSPS) is 21.9. The maximum absolute atomic E-state index is 13.3. The van der Waals surface area contributed by atoms with Crippen molar-refractivity contribution in [2.45, 2.75) is 25.8 Å². The number of benzene rings is 1. The van der Waals surface area contributed by atoms with E-state index in [-0.39, 0.29) is 17.8 Å². The molecule has 0 radical (unpaired) electrons. The van der Waals surface area contributed by atoms with Crippen LogP contribution in [0.2, 0.25) is 0 Å². The van der Waals surface area contributed by atoms with E-state index in [9.17, 15) is 4.39 Å². The molecule has 6 heteroatoms. The van der Waals surface area contributed by atoms with Gasteiger partial charge in [-0.2, -0.15) is 4.98 Å². The smallest absolute Gasteiger partial charge is 0.234 e. The molecule has 2 aromatic rings. The number of hydrogen-bond acceptors (Lipinski definition) is 5. The van der Waals surface area contributed by atoms with E-state index in [1.807, 2.05) is 0 Å². The van der Waals surface area contributed by atoms with Crippen molar-refractivity contribution in [3.63, 3.8) is 0 Å². The van der Waals surface area contributed by atoms with Gasteiger partial charge in [-0.15, -0.1) is 0 Å². The van der Waals surface area contributed by atoms with Crippen LogP contribution in [-0.2, 0) is 4.74 Å². The minimum absolute atomic E-state index is 0.0627. The van der Waals surface area contributed by atoms with E-state index in [4.69, 9.17) is 9.26 Å². The van der Waals surface area contributed by atoms with Gasteiger partial charge in [-0.25, -0.2) is 4.39 Å². The Kier molecular flexibility index (Phi) is 3.98. The number of halogens is 1. The molecule has 1 aliphatic rings. The van der Waals surface area contributed by atoms with Crippen LogP contribution in [-0.4, -0.2) is 35.9 Å². The van der Waals surface area contributed by atoms with Crippen LogP contribution in [0.5, 0.6) is 0 Å². The minimum atomic E-state index is -0.237. The van der Waals surface area contributed by atoms with Gasteiger partial charge in [-0.05, 0) is 37.2 Å². The third-order valence-electron chi connectivity index (χ3n) is 3.72. The zero-order valence-corrected chi connectivity index (χ0v) is 12.1. The molecular weight excluding hydrogens is 273 g/mol. The summed E-state index contributed by atoms with van der Waals surface area (Å²) in [4.78, 5) is 4.45. The lowest BCUT2D eigenvalue weighted by Crippen LogP contribution is -2.34. The van der Waals surface area contributed by atoms with Crippen LogP contribution >= 0.6 is 0 Å². The highest BCUT2D eigenvalue weighted by atomic mass is 19.1. The van der Waals surface area contributed by atoms with Crippen molar-refractivity contribution in [3.8, 4) is 11.4 Å². The standard InChI is InChI=1S/C15H18FN3O2/c1-3-17-13-8-20-7-11(13)15-18-14(19-21-15)10-4-5-12(16)9(2)6-10/h4-6,11,13,17H,3,7-8H2,1-2H3. The lowest BCUT2D eigenvalue weighted by atomic mass is 10.0. The van der Waals surface area contributed by atoms with Crippen LogP contribution in [0.1, 0.15) is 24.3 Å². The third kappa shape index (κ3) is 2.82. The highest BCUT2D eigenvalue weighted by Crippen LogP contribution is 2.27. The molecule has 1 N–H and O–H groups in total. The lowest BCUT2D eigenvalue weighted by Gasteiger charge is -2.13. The highest BCUT2D eigenvalue weighted by molar-refractivity contribution is 5.55. The molecule has 2 unspecified atom stereocenters. The Labute approximate surface area is 122 Å². The van der Waals surface area contributed by atoms with E-state index < -0.39 is 0 Å². The predicted octanol–water partition coefficient (Wildman–Crippen LogP) is 2.28. The second-order valence-corrected chi connectivity index (χ2v) is 5.23. The number of aryl methyl sites for hydroxylation is 1. The van der Waals surface area contributed by atoms with Crippen LogP contribution in [0, 0.1) is 12.7 Å². The number of nitrogens with zero attached hydrogens (tertiary/aromatic N) is 2. The molecule has 2 atom stereocenters. The number of hydrogen-bond donors (Lipinski definition) is 1. The zero-order chi connectivity index (χ0) is 14.8. The minimum Gasteiger partial charge on any atom is -0.379 e. The molecule has 1 aromatic heterocycles. The quantitative estimate of drug-likeness (QED) is 0.936. The molecule has 0 bridgehead atoms. The van der Waals surface area contributed by atoms with Crippen LogP contribution < -0.4 is 5.32 Å². The van der Waals surface area contributed by atoms with Gasteiger partial charge in [-0.3, -0.25) is 0 Å². The van der Waals surface area contributed by atoms with E-state index >= 15 is 0 Å². The maximum atomic E-state index is 13.3. The first-order valence-corrected chi connectivity index (χ1v) is 7.10.